The molecule has 0 bridgehead atoms. The molecule has 1 unspecified atom stereocenters. The SMILES string of the molecule is CC1=CC2C(=O)N=C(CSCC(=O)Nc3nc(C)c(C)s3)N=C2S1. The van der Waals surface area contributed by atoms with Crippen molar-refractivity contribution < 1.29 is 9.59 Å². The van der Waals surface area contributed by atoms with Crippen LogP contribution in [0, 0.1) is 19.8 Å². The van der Waals surface area contributed by atoms with E-state index in [0.717, 1.165) is 20.5 Å². The first kappa shape index (κ1) is 17.4. The highest BCUT2D eigenvalue weighted by Crippen LogP contribution is 2.34. The maximum Gasteiger partial charge on any atom is 0.261 e. The van der Waals surface area contributed by atoms with Gasteiger partial charge in [0.25, 0.3) is 5.91 Å². The molecule has 2 amide bonds. The van der Waals surface area contributed by atoms with E-state index in [-0.39, 0.29) is 23.5 Å². The third kappa shape index (κ3) is 3.96. The minimum absolute atomic E-state index is 0.116. The number of hydrogen-bond acceptors (Lipinski definition) is 7. The van der Waals surface area contributed by atoms with Crippen molar-refractivity contribution in [2.75, 3.05) is 16.8 Å². The van der Waals surface area contributed by atoms with Crippen LogP contribution < -0.4 is 5.32 Å². The molecule has 0 aliphatic carbocycles. The number of carbonyl (C=O) groups is 2. The molecule has 0 spiro atoms. The second kappa shape index (κ2) is 7.20. The Hall–Kier alpha value is -1.45. The molecule has 0 radical (unpaired) electrons. The Kier molecular flexibility index (Phi) is 5.21. The minimum atomic E-state index is -0.302. The lowest BCUT2D eigenvalue weighted by molar-refractivity contribution is -0.118. The normalized spacial score (nSPS) is 19.5. The molecule has 1 N–H and O–H groups in total. The summed E-state index contributed by atoms with van der Waals surface area (Å²) in [7, 11) is 0. The van der Waals surface area contributed by atoms with Crippen molar-refractivity contribution in [3.63, 3.8) is 0 Å². The number of thioether (sulfide) groups is 2. The molecule has 3 rings (SSSR count). The second-order valence-corrected chi connectivity index (χ2v) is 8.83. The first-order valence-electron chi connectivity index (χ1n) is 7.30. The summed E-state index contributed by atoms with van der Waals surface area (Å²) in [4.78, 5) is 38.8. The summed E-state index contributed by atoms with van der Waals surface area (Å²) in [5, 5.41) is 4.20. The van der Waals surface area contributed by atoms with Crippen molar-refractivity contribution in [2.24, 2.45) is 15.9 Å². The number of anilines is 1. The average Bonchev–Trinajstić information content (AvgIpc) is 3.01. The smallest absolute Gasteiger partial charge is 0.261 e. The molecule has 0 saturated carbocycles. The fraction of sp³-hybridized carbons (Fsp3) is 0.400. The predicted molar refractivity (Wildman–Crippen MR) is 102 cm³/mol. The Labute approximate surface area is 152 Å². The van der Waals surface area contributed by atoms with E-state index in [2.05, 4.69) is 20.3 Å². The van der Waals surface area contributed by atoms with E-state index in [0.29, 0.717) is 16.7 Å². The van der Waals surface area contributed by atoms with Crippen molar-refractivity contribution in [3.05, 3.63) is 21.6 Å². The van der Waals surface area contributed by atoms with Gasteiger partial charge in [-0.1, -0.05) is 17.8 Å². The van der Waals surface area contributed by atoms with Crippen LogP contribution in [0.1, 0.15) is 17.5 Å². The van der Waals surface area contributed by atoms with Gasteiger partial charge < -0.3 is 5.32 Å². The lowest BCUT2D eigenvalue weighted by Gasteiger charge is -2.12. The van der Waals surface area contributed by atoms with Gasteiger partial charge in [0.05, 0.1) is 22.2 Å². The van der Waals surface area contributed by atoms with Gasteiger partial charge in [0.15, 0.2) is 5.13 Å². The number of amides is 2. The molecule has 3 heterocycles. The highest BCUT2D eigenvalue weighted by Gasteiger charge is 2.32. The number of thiazole rings is 1. The molecular weight excluding hydrogens is 364 g/mol. The maximum atomic E-state index is 12.0. The third-order valence-corrected chi connectivity index (χ3v) is 6.35. The molecule has 1 aromatic heterocycles. The van der Waals surface area contributed by atoms with E-state index in [1.54, 1.807) is 0 Å². The summed E-state index contributed by atoms with van der Waals surface area (Å²) in [6, 6.07) is 0. The average molecular weight is 381 g/mol. The van der Waals surface area contributed by atoms with Gasteiger partial charge in [0.1, 0.15) is 11.8 Å². The summed E-state index contributed by atoms with van der Waals surface area (Å²) in [6.45, 7) is 5.85. The van der Waals surface area contributed by atoms with Gasteiger partial charge in [-0.2, -0.15) is 4.99 Å². The molecule has 0 aromatic carbocycles. The minimum Gasteiger partial charge on any atom is -0.301 e. The molecule has 1 atom stereocenters. The molecule has 1 aromatic rings. The van der Waals surface area contributed by atoms with Crippen molar-refractivity contribution in [2.45, 2.75) is 20.8 Å². The number of allylic oxidation sites excluding steroid dienone is 1. The van der Waals surface area contributed by atoms with Crippen LogP contribution >= 0.6 is 34.9 Å². The first-order valence-corrected chi connectivity index (χ1v) is 10.1. The van der Waals surface area contributed by atoms with Crippen LogP contribution in [0.3, 0.4) is 0 Å². The van der Waals surface area contributed by atoms with Gasteiger partial charge in [-0.15, -0.1) is 23.1 Å². The van der Waals surface area contributed by atoms with Crippen molar-refractivity contribution >= 4 is 62.7 Å². The van der Waals surface area contributed by atoms with Gasteiger partial charge in [-0.25, -0.2) is 9.98 Å². The molecule has 0 saturated heterocycles. The Morgan fingerprint density at radius 2 is 2.12 bits per heavy atom. The van der Waals surface area contributed by atoms with Gasteiger partial charge in [0.2, 0.25) is 5.91 Å². The maximum absolute atomic E-state index is 12.0. The quantitative estimate of drug-likeness (QED) is 0.849. The van der Waals surface area contributed by atoms with Crippen LogP contribution in [0.2, 0.25) is 0 Å². The zero-order valence-corrected chi connectivity index (χ0v) is 15.9. The van der Waals surface area contributed by atoms with Crippen LogP contribution in [-0.4, -0.2) is 39.2 Å². The van der Waals surface area contributed by atoms with Crippen molar-refractivity contribution in [1.29, 1.82) is 0 Å². The number of aromatic nitrogens is 1. The zero-order chi connectivity index (χ0) is 17.3. The number of hydrogen-bond donors (Lipinski definition) is 1. The van der Waals surface area contributed by atoms with E-state index >= 15 is 0 Å². The number of aliphatic imine (C=N–C) groups is 2. The van der Waals surface area contributed by atoms with Gasteiger partial charge in [-0.3, -0.25) is 9.59 Å². The summed E-state index contributed by atoms with van der Waals surface area (Å²) in [5.74, 6) is 0.603. The van der Waals surface area contributed by atoms with E-state index < -0.39 is 0 Å². The number of nitrogens with zero attached hydrogens (tertiary/aromatic N) is 3. The summed E-state index contributed by atoms with van der Waals surface area (Å²) in [5.41, 5.74) is 0.932. The summed E-state index contributed by atoms with van der Waals surface area (Å²) >= 11 is 4.36. The first-order chi connectivity index (χ1) is 11.4. The van der Waals surface area contributed by atoms with E-state index in [9.17, 15) is 9.59 Å². The standard InChI is InChI=1S/C15H16N4O2S3/c1-7-4-10-13(21)17-11(18-14(10)23-7)5-22-6-12(20)19-15-16-8(2)9(3)24-15/h4,10H,5-6H2,1-3H3,(H,16,19,20). The number of fused-ring (bicyclic) bond motifs is 1. The van der Waals surface area contributed by atoms with Crippen LogP contribution in [0.25, 0.3) is 0 Å². The van der Waals surface area contributed by atoms with E-state index in [1.165, 1.54) is 34.9 Å². The molecule has 2 aliphatic rings. The van der Waals surface area contributed by atoms with Crippen LogP contribution in [0.4, 0.5) is 5.13 Å². The molecule has 126 valence electrons. The Morgan fingerprint density at radius 1 is 1.33 bits per heavy atom. The van der Waals surface area contributed by atoms with Crippen LogP contribution in [0.5, 0.6) is 0 Å². The van der Waals surface area contributed by atoms with Crippen molar-refractivity contribution in [3.8, 4) is 0 Å². The zero-order valence-electron chi connectivity index (χ0n) is 13.5. The topological polar surface area (TPSA) is 83.8 Å². The number of carbonyl (C=O) groups excluding carboxylic acids is 2. The number of aryl methyl sites for hydroxylation is 2. The van der Waals surface area contributed by atoms with E-state index in [1.807, 2.05) is 26.8 Å². The van der Waals surface area contributed by atoms with E-state index in [4.69, 9.17) is 0 Å². The lowest BCUT2D eigenvalue weighted by atomic mass is 10.1. The largest absolute Gasteiger partial charge is 0.301 e. The number of rotatable bonds is 5. The predicted octanol–water partition coefficient (Wildman–Crippen LogP) is 3.04. The lowest BCUT2D eigenvalue weighted by Crippen LogP contribution is -2.24. The fourth-order valence-electron chi connectivity index (χ4n) is 2.17. The van der Waals surface area contributed by atoms with Gasteiger partial charge >= 0.3 is 0 Å². The molecule has 9 heteroatoms. The summed E-state index contributed by atoms with van der Waals surface area (Å²) in [6.07, 6.45) is 1.89. The van der Waals surface area contributed by atoms with Crippen molar-refractivity contribution in [1.82, 2.24) is 4.98 Å². The third-order valence-electron chi connectivity index (χ3n) is 3.42. The molecule has 0 fully saturated rings. The summed E-state index contributed by atoms with van der Waals surface area (Å²) < 4.78 is 0. The molecule has 24 heavy (non-hydrogen) atoms. The van der Waals surface area contributed by atoms with Gasteiger partial charge in [0, 0.05) is 4.88 Å². The monoisotopic (exact) mass is 380 g/mol. The highest BCUT2D eigenvalue weighted by molar-refractivity contribution is 8.17. The van der Waals surface area contributed by atoms with Crippen LogP contribution in [-0.2, 0) is 9.59 Å². The number of nitrogens with one attached hydrogen (secondary N) is 1. The molecule has 2 aliphatic heterocycles. The number of amidine groups is 1. The second-order valence-electron chi connectivity index (χ2n) is 5.37. The van der Waals surface area contributed by atoms with Crippen LogP contribution in [0.15, 0.2) is 21.0 Å². The fourth-order valence-corrected chi connectivity index (χ4v) is 4.65. The Bertz CT molecular complexity index is 775. The van der Waals surface area contributed by atoms with Gasteiger partial charge in [-0.05, 0) is 25.7 Å². The Balaban J connectivity index is 1.49. The molecular formula is C15H16N4O2S3. The Morgan fingerprint density at radius 3 is 2.83 bits per heavy atom. The molecule has 6 nitrogen and oxygen atoms in total. The highest BCUT2D eigenvalue weighted by atomic mass is 32.2.